The number of nitrogens with one attached hydrogen (secondary N) is 1. The second-order valence-corrected chi connectivity index (χ2v) is 6.11. The molecule has 86 valence electrons. The van der Waals surface area contributed by atoms with Crippen molar-refractivity contribution in [3.05, 3.63) is 0 Å². The lowest BCUT2D eigenvalue weighted by Crippen LogP contribution is -2.30. The van der Waals surface area contributed by atoms with Gasteiger partial charge in [-0.05, 0) is 26.1 Å². The molecular weight excluding hydrogens is 268 g/mol. The Morgan fingerprint density at radius 2 is 1.86 bits per heavy atom. The van der Waals surface area contributed by atoms with Crippen molar-refractivity contribution in [3.8, 4) is 0 Å². The molecule has 0 aliphatic heterocycles. The van der Waals surface area contributed by atoms with E-state index in [2.05, 4.69) is 39.4 Å². The molecule has 1 N–H and O–H groups in total. The Balaban J connectivity index is 3.56. The topological polar surface area (TPSA) is 49.4 Å². The van der Waals surface area contributed by atoms with Gasteiger partial charge in [0.05, 0.1) is 0 Å². The van der Waals surface area contributed by atoms with Crippen LogP contribution in [0.3, 0.4) is 0 Å². The molecule has 0 atom stereocenters. The van der Waals surface area contributed by atoms with Crippen molar-refractivity contribution in [3.63, 3.8) is 0 Å². The van der Waals surface area contributed by atoms with E-state index in [-0.39, 0.29) is 4.66 Å². The average Bonchev–Trinajstić information content (AvgIpc) is 2.18. The number of hydrogen-bond acceptors (Lipinski definition) is 3. The molecule has 0 unspecified atom stereocenters. The van der Waals surface area contributed by atoms with E-state index in [0.29, 0.717) is 6.54 Å². The molecule has 0 aromatic rings. The van der Waals surface area contributed by atoms with Crippen molar-refractivity contribution in [2.75, 3.05) is 30.8 Å². The Hall–Kier alpha value is 0.350. The third-order valence-electron chi connectivity index (χ3n) is 2.01. The van der Waals surface area contributed by atoms with E-state index in [4.69, 9.17) is 0 Å². The van der Waals surface area contributed by atoms with Crippen molar-refractivity contribution >= 4 is 26.0 Å². The number of nitrogens with zero attached hydrogens (tertiary/aromatic N) is 1. The van der Waals surface area contributed by atoms with E-state index in [1.54, 1.807) is 0 Å². The fourth-order valence-electron chi connectivity index (χ4n) is 1.11. The van der Waals surface area contributed by atoms with E-state index in [1.165, 1.54) is 0 Å². The summed E-state index contributed by atoms with van der Waals surface area (Å²) < 4.78 is 24.5. The Bertz CT molecular complexity index is 227. The number of halogens is 1. The van der Waals surface area contributed by atoms with E-state index in [9.17, 15) is 8.42 Å². The van der Waals surface area contributed by atoms with Gasteiger partial charge < -0.3 is 4.90 Å². The molecule has 0 amide bonds. The minimum atomic E-state index is -3.08. The lowest BCUT2D eigenvalue weighted by atomic mass is 10.4. The molecule has 0 fully saturated rings. The molecule has 14 heavy (non-hydrogen) atoms. The van der Waals surface area contributed by atoms with Crippen LogP contribution in [0.4, 0.5) is 0 Å². The van der Waals surface area contributed by atoms with Crippen molar-refractivity contribution in [2.24, 2.45) is 0 Å². The van der Waals surface area contributed by atoms with Crippen molar-refractivity contribution < 1.29 is 8.42 Å². The van der Waals surface area contributed by atoms with Crippen LogP contribution >= 0.6 is 15.9 Å². The highest BCUT2D eigenvalue weighted by Crippen LogP contribution is 1.93. The first-order valence-corrected chi connectivity index (χ1v) is 7.58. The van der Waals surface area contributed by atoms with E-state index < -0.39 is 10.0 Å². The highest BCUT2D eigenvalue weighted by molar-refractivity contribution is 9.10. The Labute approximate surface area is 95.2 Å². The minimum Gasteiger partial charge on any atom is -0.304 e. The van der Waals surface area contributed by atoms with Crippen LogP contribution in [-0.4, -0.2) is 44.2 Å². The van der Waals surface area contributed by atoms with Gasteiger partial charge >= 0.3 is 0 Å². The number of rotatable bonds is 8. The molecule has 0 saturated heterocycles. The molecule has 0 aromatic heterocycles. The maximum atomic E-state index is 11.0. The fraction of sp³-hybridized carbons (Fsp3) is 1.00. The van der Waals surface area contributed by atoms with Crippen LogP contribution in [0.5, 0.6) is 0 Å². The van der Waals surface area contributed by atoms with Crippen LogP contribution in [-0.2, 0) is 10.0 Å². The zero-order chi connectivity index (χ0) is 11.0. The van der Waals surface area contributed by atoms with Crippen LogP contribution in [0.15, 0.2) is 0 Å². The summed E-state index contributed by atoms with van der Waals surface area (Å²) in [6.07, 6.45) is 0.855. The largest absolute Gasteiger partial charge is 0.304 e. The van der Waals surface area contributed by atoms with Crippen LogP contribution in [0.1, 0.15) is 20.3 Å². The summed E-state index contributed by atoms with van der Waals surface area (Å²) in [5.41, 5.74) is 0. The summed E-state index contributed by atoms with van der Waals surface area (Å²) in [6, 6.07) is 0. The van der Waals surface area contributed by atoms with Crippen molar-refractivity contribution in [1.82, 2.24) is 9.62 Å². The Morgan fingerprint density at radius 1 is 1.29 bits per heavy atom. The van der Waals surface area contributed by atoms with Gasteiger partial charge in [-0.2, -0.15) is 0 Å². The molecule has 0 aliphatic carbocycles. The summed E-state index contributed by atoms with van der Waals surface area (Å²) in [7, 11) is -3.08. The maximum Gasteiger partial charge on any atom is 0.221 e. The van der Waals surface area contributed by atoms with Gasteiger partial charge in [-0.3, -0.25) is 0 Å². The first-order chi connectivity index (χ1) is 6.55. The molecule has 0 rings (SSSR count). The van der Waals surface area contributed by atoms with Gasteiger partial charge in [-0.15, -0.1) is 0 Å². The molecule has 0 saturated carbocycles. The predicted octanol–water partition coefficient (Wildman–Crippen LogP) is 0.990. The maximum absolute atomic E-state index is 11.0. The Morgan fingerprint density at radius 3 is 2.29 bits per heavy atom. The van der Waals surface area contributed by atoms with E-state index in [1.807, 2.05) is 0 Å². The summed E-state index contributed by atoms with van der Waals surface area (Å²) in [5.74, 6) is 0. The third kappa shape index (κ3) is 6.75. The molecule has 4 nitrogen and oxygen atoms in total. The summed E-state index contributed by atoms with van der Waals surface area (Å²) in [4.78, 5) is 2.27. The molecule has 0 aliphatic rings. The van der Waals surface area contributed by atoms with Gasteiger partial charge in [0.15, 0.2) is 0 Å². The first-order valence-electron chi connectivity index (χ1n) is 4.81. The fourth-order valence-corrected chi connectivity index (χ4v) is 2.13. The van der Waals surface area contributed by atoms with Crippen LogP contribution in [0.2, 0.25) is 0 Å². The van der Waals surface area contributed by atoms with Gasteiger partial charge in [-0.1, -0.05) is 29.8 Å². The Kier molecular flexibility index (Phi) is 7.81. The molecule has 0 spiro atoms. The summed E-state index contributed by atoms with van der Waals surface area (Å²) in [5, 5.41) is 0. The highest BCUT2D eigenvalue weighted by Gasteiger charge is 2.06. The van der Waals surface area contributed by atoms with Gasteiger partial charge in [0.25, 0.3) is 0 Å². The SMILES string of the molecule is CCN(CC)CCCNS(=O)(=O)CBr. The first kappa shape index (κ1) is 14.3. The average molecular weight is 287 g/mol. The van der Waals surface area contributed by atoms with Crippen molar-refractivity contribution in [1.29, 1.82) is 0 Å². The quantitative estimate of drug-likeness (QED) is 0.535. The van der Waals surface area contributed by atoms with E-state index in [0.717, 1.165) is 26.1 Å². The van der Waals surface area contributed by atoms with Crippen LogP contribution in [0.25, 0.3) is 0 Å². The lowest BCUT2D eigenvalue weighted by Gasteiger charge is -2.17. The smallest absolute Gasteiger partial charge is 0.221 e. The zero-order valence-corrected chi connectivity index (χ0v) is 11.2. The van der Waals surface area contributed by atoms with Crippen LogP contribution < -0.4 is 4.72 Å². The molecule has 6 heteroatoms. The van der Waals surface area contributed by atoms with Gasteiger partial charge in [0.2, 0.25) is 10.0 Å². The second kappa shape index (κ2) is 7.62. The molecule has 0 aromatic carbocycles. The predicted molar refractivity (Wildman–Crippen MR) is 63.1 cm³/mol. The highest BCUT2D eigenvalue weighted by atomic mass is 79.9. The van der Waals surface area contributed by atoms with Gasteiger partial charge in [0.1, 0.15) is 4.66 Å². The number of hydrogen-bond donors (Lipinski definition) is 1. The number of alkyl halides is 1. The van der Waals surface area contributed by atoms with Gasteiger partial charge in [-0.25, -0.2) is 13.1 Å². The molecule has 0 bridgehead atoms. The standard InChI is InChI=1S/C8H19BrN2O2S/c1-3-11(4-2)7-5-6-10-14(12,13)8-9/h10H,3-8H2,1-2H3. The number of sulfonamides is 1. The molecule has 0 heterocycles. The summed E-state index contributed by atoms with van der Waals surface area (Å²) >= 11 is 2.92. The van der Waals surface area contributed by atoms with E-state index >= 15 is 0 Å². The molecule has 0 radical (unpaired) electrons. The second-order valence-electron chi connectivity index (χ2n) is 3.00. The normalized spacial score (nSPS) is 12.3. The third-order valence-corrected chi connectivity index (χ3v) is 4.75. The molecular formula is C8H19BrN2O2S. The zero-order valence-electron chi connectivity index (χ0n) is 8.79. The van der Waals surface area contributed by atoms with Crippen LogP contribution in [0, 0.1) is 0 Å². The lowest BCUT2D eigenvalue weighted by molar-refractivity contribution is 0.300. The van der Waals surface area contributed by atoms with Gasteiger partial charge in [0, 0.05) is 6.54 Å². The summed E-state index contributed by atoms with van der Waals surface area (Å²) in [6.45, 7) is 7.70. The monoisotopic (exact) mass is 286 g/mol. The minimum absolute atomic E-state index is 0.0225. The van der Waals surface area contributed by atoms with Crippen molar-refractivity contribution in [2.45, 2.75) is 20.3 Å².